The van der Waals surface area contributed by atoms with Gasteiger partial charge in [0.25, 0.3) is 11.8 Å². The Morgan fingerprint density at radius 2 is 1.64 bits per heavy atom. The maximum absolute atomic E-state index is 11.3. The molecule has 1 rings (SSSR count). The van der Waals surface area contributed by atoms with E-state index in [-0.39, 0.29) is 26.1 Å². The quantitative estimate of drug-likeness (QED) is 0.295. The van der Waals surface area contributed by atoms with Crippen molar-refractivity contribution < 1.29 is 33.5 Å². The van der Waals surface area contributed by atoms with Crippen LogP contribution in [0.15, 0.2) is 0 Å². The van der Waals surface area contributed by atoms with E-state index in [4.69, 9.17) is 9.47 Å². The molecule has 22 heavy (non-hydrogen) atoms. The third-order valence-electron chi connectivity index (χ3n) is 2.25. The fraction of sp³-hybridized carbons (Fsp3) is 0.636. The lowest BCUT2D eigenvalue weighted by Crippen LogP contribution is -2.32. The fourth-order valence-corrected chi connectivity index (χ4v) is 2.93. The summed E-state index contributed by atoms with van der Waals surface area (Å²) in [5.41, 5.74) is 0. The number of hydroxylamine groups is 2. The first-order valence-corrected chi connectivity index (χ1v) is 8.83. The Hall–Kier alpha value is -1.62. The Morgan fingerprint density at radius 3 is 2.18 bits per heavy atom. The second-order valence-corrected chi connectivity index (χ2v) is 6.50. The van der Waals surface area contributed by atoms with Crippen molar-refractivity contribution in [1.29, 1.82) is 0 Å². The van der Waals surface area contributed by atoms with Crippen LogP contribution in [-0.4, -0.2) is 60.9 Å². The summed E-state index contributed by atoms with van der Waals surface area (Å²) in [5, 5.41) is 2.75. The largest absolute Gasteiger partial charge is 0.533 e. The summed E-state index contributed by atoms with van der Waals surface area (Å²) >= 11 is 0. The molecule has 11 heteroatoms. The summed E-state index contributed by atoms with van der Waals surface area (Å²) < 4.78 is 9.50. The second-order valence-electron chi connectivity index (χ2n) is 3.80. The number of hydrogen-bond donors (Lipinski definition) is 1. The molecule has 3 amide bonds. The molecule has 124 valence electrons. The smallest absolute Gasteiger partial charge is 0.449 e. The van der Waals surface area contributed by atoms with Crippen molar-refractivity contribution in [3.8, 4) is 0 Å². The van der Waals surface area contributed by atoms with Crippen LogP contribution in [0.4, 0.5) is 9.59 Å². The van der Waals surface area contributed by atoms with Crippen molar-refractivity contribution in [2.24, 2.45) is 0 Å². The molecular formula is C11H16N2O7S2. The highest BCUT2D eigenvalue weighted by Gasteiger charge is 2.33. The van der Waals surface area contributed by atoms with E-state index in [1.54, 1.807) is 0 Å². The summed E-state index contributed by atoms with van der Waals surface area (Å²) in [5.74, 6) is -0.0213. The second kappa shape index (κ2) is 10.2. The summed E-state index contributed by atoms with van der Waals surface area (Å²) in [6, 6.07) is 0. The van der Waals surface area contributed by atoms with Gasteiger partial charge in [-0.3, -0.25) is 14.4 Å². The van der Waals surface area contributed by atoms with Crippen LogP contribution in [0.2, 0.25) is 0 Å². The molecule has 1 N–H and O–H groups in total. The number of alkyl carbamates (subject to hydrolysis) is 1. The average Bonchev–Trinajstić information content (AvgIpc) is 2.81. The highest BCUT2D eigenvalue weighted by molar-refractivity contribution is 8.76. The molecule has 0 aliphatic carbocycles. The van der Waals surface area contributed by atoms with Gasteiger partial charge in [0.15, 0.2) is 0 Å². The molecular weight excluding hydrogens is 336 g/mol. The van der Waals surface area contributed by atoms with Crippen LogP contribution in [0.1, 0.15) is 12.8 Å². The Bertz CT molecular complexity index is 417. The number of carbonyl (C=O) groups is 4. The van der Waals surface area contributed by atoms with E-state index >= 15 is 0 Å². The summed E-state index contributed by atoms with van der Waals surface area (Å²) in [4.78, 5) is 48.9. The molecule has 0 unspecified atom stereocenters. The molecule has 1 aliphatic rings. The lowest BCUT2D eigenvalue weighted by atomic mass is 10.4. The number of nitrogens with zero attached hydrogens (tertiary/aromatic N) is 1. The van der Waals surface area contributed by atoms with Crippen molar-refractivity contribution in [2.75, 3.05) is 31.8 Å². The minimum Gasteiger partial charge on any atom is -0.449 e. The molecule has 0 atom stereocenters. The molecule has 1 fully saturated rings. The average molecular weight is 352 g/mol. The molecule has 0 aromatic rings. The molecule has 0 saturated carbocycles. The fourth-order valence-electron chi connectivity index (χ4n) is 1.28. The van der Waals surface area contributed by atoms with E-state index in [0.717, 1.165) is 0 Å². The first kappa shape index (κ1) is 18.4. The third-order valence-corrected chi connectivity index (χ3v) is 4.58. The van der Waals surface area contributed by atoms with Crippen LogP contribution in [0.25, 0.3) is 0 Å². The minimum absolute atomic E-state index is 0.0384. The van der Waals surface area contributed by atoms with E-state index in [9.17, 15) is 19.2 Å². The van der Waals surface area contributed by atoms with Gasteiger partial charge < -0.3 is 14.8 Å². The van der Waals surface area contributed by atoms with Crippen LogP contribution >= 0.6 is 21.6 Å². The number of imide groups is 1. The maximum Gasteiger partial charge on any atom is 0.533 e. The van der Waals surface area contributed by atoms with Crippen LogP contribution in [-0.2, 0) is 23.9 Å². The van der Waals surface area contributed by atoms with Crippen LogP contribution < -0.4 is 5.32 Å². The molecule has 0 aromatic carbocycles. The highest BCUT2D eigenvalue weighted by atomic mass is 33.1. The molecule has 1 heterocycles. The number of ether oxygens (including phenoxy) is 2. The van der Waals surface area contributed by atoms with Gasteiger partial charge in [-0.25, -0.2) is 9.59 Å². The Labute approximate surface area is 134 Å². The van der Waals surface area contributed by atoms with Crippen LogP contribution in [0.3, 0.4) is 0 Å². The van der Waals surface area contributed by atoms with Gasteiger partial charge in [-0.2, -0.15) is 0 Å². The maximum atomic E-state index is 11.3. The Kier molecular flexibility index (Phi) is 8.51. The zero-order valence-corrected chi connectivity index (χ0v) is 13.5. The van der Waals surface area contributed by atoms with E-state index in [1.807, 2.05) is 0 Å². The standard InChI is InChI=1S/C11H16N2O7S2/c1-12-10(16)18-4-6-21-22-7-5-19-11(17)20-13-8(14)2-3-9(13)15/h2-7H2,1H3,(H,12,16). The minimum atomic E-state index is -1.09. The summed E-state index contributed by atoms with van der Waals surface area (Å²) in [6.45, 7) is 0.350. The molecule has 0 aromatic heterocycles. The van der Waals surface area contributed by atoms with E-state index in [0.29, 0.717) is 16.6 Å². The zero-order valence-electron chi connectivity index (χ0n) is 11.9. The molecule has 9 nitrogen and oxygen atoms in total. The van der Waals surface area contributed by atoms with E-state index in [1.165, 1.54) is 28.6 Å². The number of amides is 3. The number of carbonyl (C=O) groups excluding carboxylic acids is 4. The highest BCUT2D eigenvalue weighted by Crippen LogP contribution is 2.20. The van der Waals surface area contributed by atoms with Gasteiger partial charge in [-0.15, -0.1) is 0 Å². The molecule has 0 bridgehead atoms. The first-order chi connectivity index (χ1) is 10.5. The van der Waals surface area contributed by atoms with Gasteiger partial charge >= 0.3 is 12.2 Å². The predicted octanol–water partition coefficient (Wildman–Crippen LogP) is 0.941. The van der Waals surface area contributed by atoms with Gasteiger partial charge in [-0.1, -0.05) is 26.7 Å². The van der Waals surface area contributed by atoms with Gasteiger partial charge in [0.2, 0.25) is 0 Å². The normalized spacial score (nSPS) is 14.0. The third kappa shape index (κ3) is 6.89. The van der Waals surface area contributed by atoms with Gasteiger partial charge in [-0.05, 0) is 0 Å². The number of hydrogen-bond acceptors (Lipinski definition) is 9. The van der Waals surface area contributed by atoms with E-state index in [2.05, 4.69) is 10.2 Å². The van der Waals surface area contributed by atoms with Crippen LogP contribution in [0, 0.1) is 0 Å². The molecule has 1 saturated heterocycles. The number of rotatable bonds is 8. The lowest BCUT2D eigenvalue weighted by molar-refractivity contribution is -0.176. The van der Waals surface area contributed by atoms with Crippen molar-refractivity contribution in [3.05, 3.63) is 0 Å². The van der Waals surface area contributed by atoms with Gasteiger partial charge in [0.05, 0.1) is 0 Å². The predicted molar refractivity (Wildman–Crippen MR) is 78.8 cm³/mol. The van der Waals surface area contributed by atoms with Crippen molar-refractivity contribution in [2.45, 2.75) is 12.8 Å². The SMILES string of the molecule is CNC(=O)OCCSSCCOC(=O)ON1C(=O)CCC1=O. The lowest BCUT2D eigenvalue weighted by Gasteiger charge is -2.12. The summed E-state index contributed by atoms with van der Waals surface area (Å²) in [7, 11) is 4.35. The molecule has 0 spiro atoms. The first-order valence-electron chi connectivity index (χ1n) is 6.34. The van der Waals surface area contributed by atoms with Crippen molar-refractivity contribution in [3.63, 3.8) is 0 Å². The van der Waals surface area contributed by atoms with Gasteiger partial charge in [0.1, 0.15) is 13.2 Å². The zero-order chi connectivity index (χ0) is 16.4. The monoisotopic (exact) mass is 352 g/mol. The molecule has 0 radical (unpaired) electrons. The molecule has 1 aliphatic heterocycles. The van der Waals surface area contributed by atoms with Gasteiger partial charge in [0, 0.05) is 31.4 Å². The topological polar surface area (TPSA) is 111 Å². The van der Waals surface area contributed by atoms with Crippen molar-refractivity contribution in [1.82, 2.24) is 10.4 Å². The Balaban J connectivity index is 1.98. The van der Waals surface area contributed by atoms with Crippen molar-refractivity contribution >= 4 is 45.7 Å². The number of nitrogens with one attached hydrogen (secondary N) is 1. The summed E-state index contributed by atoms with van der Waals surface area (Å²) in [6.07, 6.45) is -1.49. The van der Waals surface area contributed by atoms with E-state index < -0.39 is 24.1 Å². The Morgan fingerprint density at radius 1 is 1.09 bits per heavy atom. The van der Waals surface area contributed by atoms with Crippen LogP contribution in [0.5, 0.6) is 0 Å².